The summed E-state index contributed by atoms with van der Waals surface area (Å²) in [4.78, 5) is 14.7. The van der Waals surface area contributed by atoms with Crippen molar-refractivity contribution in [3.8, 4) is 11.1 Å². The number of benzene rings is 1. The first-order chi connectivity index (χ1) is 11.7. The van der Waals surface area contributed by atoms with Crippen LogP contribution in [-0.2, 0) is 4.74 Å². The Morgan fingerprint density at radius 2 is 1.92 bits per heavy atom. The van der Waals surface area contributed by atoms with Gasteiger partial charge >= 0.3 is 0 Å². The zero-order chi connectivity index (χ0) is 16.9. The fourth-order valence-corrected chi connectivity index (χ4v) is 4.08. The van der Waals surface area contributed by atoms with Gasteiger partial charge in [0, 0.05) is 29.0 Å². The lowest BCUT2D eigenvalue weighted by atomic mass is 10.1. The van der Waals surface area contributed by atoms with E-state index < -0.39 is 0 Å². The van der Waals surface area contributed by atoms with Crippen molar-refractivity contribution in [2.45, 2.75) is 13.0 Å². The predicted octanol–water partition coefficient (Wildman–Crippen LogP) is 4.90. The van der Waals surface area contributed by atoms with Crippen molar-refractivity contribution < 1.29 is 9.53 Å². The Morgan fingerprint density at radius 1 is 1.12 bits per heavy atom. The van der Waals surface area contributed by atoms with Crippen LogP contribution in [0.5, 0.6) is 0 Å². The molecule has 0 aliphatic rings. The van der Waals surface area contributed by atoms with Crippen LogP contribution in [0.1, 0.15) is 26.2 Å². The van der Waals surface area contributed by atoms with E-state index in [1.807, 2.05) is 29.6 Å². The maximum Gasteiger partial charge on any atom is 0.251 e. The Morgan fingerprint density at radius 3 is 2.50 bits per heavy atom. The van der Waals surface area contributed by atoms with E-state index in [2.05, 4.69) is 35.8 Å². The Hall–Kier alpha value is -1.95. The minimum absolute atomic E-state index is 0.0813. The van der Waals surface area contributed by atoms with Crippen molar-refractivity contribution in [3.05, 3.63) is 68.5 Å². The summed E-state index contributed by atoms with van der Waals surface area (Å²) in [6.07, 6.45) is -0.113. The fourth-order valence-electron chi connectivity index (χ4n) is 2.46. The molecule has 1 N–H and O–H groups in total. The van der Waals surface area contributed by atoms with E-state index in [0.29, 0.717) is 12.1 Å². The number of amides is 1. The van der Waals surface area contributed by atoms with E-state index in [-0.39, 0.29) is 12.0 Å². The minimum Gasteiger partial charge on any atom is -0.374 e. The van der Waals surface area contributed by atoms with Crippen molar-refractivity contribution >= 4 is 28.6 Å². The van der Waals surface area contributed by atoms with Crippen LogP contribution in [0, 0.1) is 6.92 Å². The van der Waals surface area contributed by atoms with Crippen molar-refractivity contribution in [3.63, 3.8) is 0 Å². The molecule has 124 valence electrons. The zero-order valence-electron chi connectivity index (χ0n) is 13.6. The Labute approximate surface area is 149 Å². The number of carbonyl (C=O) groups excluding carboxylic acids is 1. The molecule has 3 rings (SSSR count). The van der Waals surface area contributed by atoms with Gasteiger partial charge in [-0.05, 0) is 59.1 Å². The third kappa shape index (κ3) is 3.93. The van der Waals surface area contributed by atoms with Gasteiger partial charge in [-0.25, -0.2) is 0 Å². The maximum absolute atomic E-state index is 12.3. The molecule has 0 aliphatic heterocycles. The molecule has 3 nitrogen and oxygen atoms in total. The van der Waals surface area contributed by atoms with E-state index in [9.17, 15) is 4.79 Å². The quantitative estimate of drug-likeness (QED) is 0.681. The number of thiophene rings is 2. The molecule has 0 radical (unpaired) electrons. The normalized spacial score (nSPS) is 12.1. The van der Waals surface area contributed by atoms with E-state index in [1.54, 1.807) is 29.8 Å². The first kappa shape index (κ1) is 16.9. The topological polar surface area (TPSA) is 38.3 Å². The van der Waals surface area contributed by atoms with Gasteiger partial charge in [-0.2, -0.15) is 11.3 Å². The van der Waals surface area contributed by atoms with Gasteiger partial charge in [0.2, 0.25) is 0 Å². The summed E-state index contributed by atoms with van der Waals surface area (Å²) in [5.74, 6) is -0.0813. The second-order valence-corrected chi connectivity index (χ2v) is 7.57. The molecule has 1 unspecified atom stereocenters. The molecule has 1 atom stereocenters. The Kier molecular flexibility index (Phi) is 5.45. The Bertz CT molecular complexity index is 791. The fraction of sp³-hybridized carbons (Fsp3) is 0.211. The van der Waals surface area contributed by atoms with Crippen LogP contribution in [0.3, 0.4) is 0 Å². The van der Waals surface area contributed by atoms with Gasteiger partial charge in [0.15, 0.2) is 0 Å². The molecule has 0 saturated heterocycles. The molecule has 24 heavy (non-hydrogen) atoms. The molecule has 0 aliphatic carbocycles. The lowest BCUT2D eigenvalue weighted by Gasteiger charge is -2.14. The van der Waals surface area contributed by atoms with Gasteiger partial charge in [0.05, 0.1) is 0 Å². The number of aryl methyl sites for hydroxylation is 1. The van der Waals surface area contributed by atoms with Crippen molar-refractivity contribution in [1.29, 1.82) is 0 Å². The van der Waals surface area contributed by atoms with Crippen molar-refractivity contribution in [1.82, 2.24) is 5.32 Å². The van der Waals surface area contributed by atoms with Gasteiger partial charge in [-0.1, -0.05) is 12.1 Å². The van der Waals surface area contributed by atoms with E-state index in [1.165, 1.54) is 10.4 Å². The van der Waals surface area contributed by atoms with Crippen LogP contribution < -0.4 is 5.32 Å². The highest BCUT2D eigenvalue weighted by Crippen LogP contribution is 2.25. The van der Waals surface area contributed by atoms with Gasteiger partial charge in [-0.15, -0.1) is 11.3 Å². The van der Waals surface area contributed by atoms with Gasteiger partial charge in [0.25, 0.3) is 5.91 Å². The molecule has 0 spiro atoms. The number of hydrogen-bond donors (Lipinski definition) is 1. The maximum atomic E-state index is 12.3. The second-order valence-electron chi connectivity index (χ2n) is 5.47. The molecular weight excluding hydrogens is 338 g/mol. The van der Waals surface area contributed by atoms with E-state index in [4.69, 9.17) is 4.74 Å². The highest BCUT2D eigenvalue weighted by atomic mass is 32.1. The average Bonchev–Trinajstić information content (AvgIpc) is 3.27. The highest BCUT2D eigenvalue weighted by Gasteiger charge is 2.14. The molecule has 3 aromatic rings. The molecular formula is C19H19NO2S2. The molecule has 2 aromatic heterocycles. The van der Waals surface area contributed by atoms with Crippen LogP contribution in [0.4, 0.5) is 0 Å². The lowest BCUT2D eigenvalue weighted by Crippen LogP contribution is -2.28. The Balaban J connectivity index is 1.62. The third-order valence-electron chi connectivity index (χ3n) is 3.81. The number of hydrogen-bond acceptors (Lipinski definition) is 4. The smallest absolute Gasteiger partial charge is 0.251 e. The van der Waals surface area contributed by atoms with E-state index in [0.717, 1.165) is 10.4 Å². The summed E-state index contributed by atoms with van der Waals surface area (Å²) >= 11 is 3.36. The SMILES string of the molecule is COC(CNC(=O)c1ccc(-c2ccsc2)cc1)c1ccc(C)s1. The van der Waals surface area contributed by atoms with Crippen LogP contribution in [0.15, 0.2) is 53.2 Å². The summed E-state index contributed by atoms with van der Waals surface area (Å²) in [7, 11) is 1.67. The van der Waals surface area contributed by atoms with E-state index >= 15 is 0 Å². The highest BCUT2D eigenvalue weighted by molar-refractivity contribution is 7.12. The number of nitrogens with one attached hydrogen (secondary N) is 1. The number of ether oxygens (including phenoxy) is 1. The monoisotopic (exact) mass is 357 g/mol. The number of carbonyl (C=O) groups is 1. The molecule has 1 amide bonds. The van der Waals surface area contributed by atoms with Gasteiger partial charge in [0.1, 0.15) is 6.10 Å². The predicted molar refractivity (Wildman–Crippen MR) is 101 cm³/mol. The minimum atomic E-state index is -0.113. The average molecular weight is 358 g/mol. The lowest BCUT2D eigenvalue weighted by molar-refractivity contribution is 0.0837. The summed E-state index contributed by atoms with van der Waals surface area (Å²) in [5, 5.41) is 7.10. The molecule has 0 saturated carbocycles. The summed E-state index contributed by atoms with van der Waals surface area (Å²) in [5.41, 5.74) is 2.96. The van der Waals surface area contributed by atoms with Crippen LogP contribution in [0.2, 0.25) is 0 Å². The van der Waals surface area contributed by atoms with Crippen molar-refractivity contribution in [2.24, 2.45) is 0 Å². The molecule has 0 fully saturated rings. The van der Waals surface area contributed by atoms with Gasteiger partial charge in [-0.3, -0.25) is 4.79 Å². The second kappa shape index (κ2) is 7.75. The summed E-state index contributed by atoms with van der Waals surface area (Å²) < 4.78 is 5.50. The zero-order valence-corrected chi connectivity index (χ0v) is 15.2. The summed E-state index contributed by atoms with van der Waals surface area (Å²) in [6.45, 7) is 2.52. The molecule has 0 bridgehead atoms. The number of rotatable bonds is 6. The standard InChI is InChI=1S/C19H19NO2S2/c1-13-3-8-18(24-13)17(22-2)11-20-19(21)15-6-4-14(5-7-15)16-9-10-23-12-16/h3-10,12,17H,11H2,1-2H3,(H,20,21). The summed E-state index contributed by atoms with van der Waals surface area (Å²) in [6, 6.07) is 13.9. The van der Waals surface area contributed by atoms with Crippen LogP contribution in [0.25, 0.3) is 11.1 Å². The van der Waals surface area contributed by atoms with Crippen molar-refractivity contribution in [2.75, 3.05) is 13.7 Å². The molecule has 1 aromatic carbocycles. The largest absolute Gasteiger partial charge is 0.374 e. The van der Waals surface area contributed by atoms with Crippen LogP contribution in [-0.4, -0.2) is 19.6 Å². The first-order valence-corrected chi connectivity index (χ1v) is 9.43. The van der Waals surface area contributed by atoms with Crippen LogP contribution >= 0.6 is 22.7 Å². The third-order valence-corrected chi connectivity index (χ3v) is 5.59. The number of methoxy groups -OCH3 is 1. The molecule has 5 heteroatoms. The molecule has 2 heterocycles. The van der Waals surface area contributed by atoms with Gasteiger partial charge < -0.3 is 10.1 Å². The first-order valence-electron chi connectivity index (χ1n) is 7.67.